The van der Waals surface area contributed by atoms with Crippen LogP contribution in [0.5, 0.6) is 0 Å². The van der Waals surface area contributed by atoms with Crippen molar-refractivity contribution in [1.29, 1.82) is 0 Å². The Bertz CT molecular complexity index is 1110. The summed E-state index contributed by atoms with van der Waals surface area (Å²) < 4.78 is 63.5. The number of carboxylic acids is 2. The van der Waals surface area contributed by atoms with Gasteiger partial charge in [0.1, 0.15) is 5.69 Å². The first kappa shape index (κ1) is 31.2. The van der Waals surface area contributed by atoms with Crippen molar-refractivity contribution in [3.63, 3.8) is 0 Å². The quantitative estimate of drug-likeness (QED) is 0.524. The van der Waals surface area contributed by atoms with Crippen molar-refractivity contribution >= 4 is 23.8 Å². The van der Waals surface area contributed by atoms with E-state index in [4.69, 9.17) is 19.8 Å². The minimum atomic E-state index is -5.08. The van der Waals surface area contributed by atoms with Crippen LogP contribution in [0.3, 0.4) is 0 Å². The highest BCUT2D eigenvalue weighted by Gasteiger charge is 2.42. The maximum atomic E-state index is 12.7. The Morgan fingerprint density at radius 2 is 1.33 bits per heavy atom. The molecular formula is C23H25F6N5O5. The van der Waals surface area contributed by atoms with Gasteiger partial charge in [0, 0.05) is 44.3 Å². The number of carbonyl (C=O) groups is 3. The van der Waals surface area contributed by atoms with Crippen LogP contribution in [-0.2, 0) is 9.59 Å². The lowest BCUT2D eigenvalue weighted by molar-refractivity contribution is -0.193. The second-order valence-electron chi connectivity index (χ2n) is 8.78. The minimum Gasteiger partial charge on any atom is -0.475 e. The highest BCUT2D eigenvalue weighted by Crippen LogP contribution is 2.41. The van der Waals surface area contributed by atoms with E-state index >= 15 is 0 Å². The molecule has 2 aromatic rings. The van der Waals surface area contributed by atoms with Crippen LogP contribution in [0, 0.1) is 12.3 Å². The van der Waals surface area contributed by atoms with Crippen LogP contribution in [-0.4, -0.2) is 86.4 Å². The van der Waals surface area contributed by atoms with Gasteiger partial charge in [-0.3, -0.25) is 4.79 Å². The molecule has 2 N–H and O–H groups in total. The van der Waals surface area contributed by atoms with Gasteiger partial charge in [-0.15, -0.1) is 0 Å². The number of aromatic nitrogens is 3. The third-order valence-corrected chi connectivity index (χ3v) is 5.98. The van der Waals surface area contributed by atoms with Crippen LogP contribution in [0.2, 0.25) is 0 Å². The summed E-state index contributed by atoms with van der Waals surface area (Å²) in [5.41, 5.74) is 1.73. The number of piperidine rings is 1. The Labute approximate surface area is 218 Å². The number of likely N-dealkylation sites (tertiary alicyclic amines) is 1. The second-order valence-corrected chi connectivity index (χ2v) is 8.78. The molecule has 1 spiro atoms. The molecule has 2 saturated heterocycles. The Morgan fingerprint density at radius 1 is 0.846 bits per heavy atom. The number of aliphatic carboxylic acids is 2. The third kappa shape index (κ3) is 9.37. The summed E-state index contributed by atoms with van der Waals surface area (Å²) in [6, 6.07) is 7.47. The summed E-state index contributed by atoms with van der Waals surface area (Å²) in [7, 11) is 0. The Hall–Kier alpha value is -3.98. The molecule has 0 saturated carbocycles. The van der Waals surface area contributed by atoms with Crippen LogP contribution in [0.15, 0.2) is 36.7 Å². The molecule has 0 aliphatic carbocycles. The average molecular weight is 565 g/mol. The Morgan fingerprint density at radius 3 is 1.79 bits per heavy atom. The standard InChI is InChI=1S/C19H23N5O.2C2HF3O2/c1-15-4-2-5-16(22-15)17(25)23-11-6-19(7-12-23)8-13-24(14-19)18-20-9-3-10-21-18;2*3-2(4,5)1(6)7/h2-5,9-10H,6-8,11-14H2,1H3;2*(H,6,7). The monoisotopic (exact) mass is 565 g/mol. The molecule has 0 bridgehead atoms. The highest BCUT2D eigenvalue weighted by atomic mass is 19.4. The van der Waals surface area contributed by atoms with Gasteiger partial charge in [-0.1, -0.05) is 6.07 Å². The maximum absolute atomic E-state index is 12.7. The molecule has 0 atom stereocenters. The number of nitrogens with zero attached hydrogens (tertiary/aromatic N) is 5. The zero-order chi connectivity index (χ0) is 29.4. The molecule has 10 nitrogen and oxygen atoms in total. The van der Waals surface area contributed by atoms with Crippen LogP contribution in [0.25, 0.3) is 0 Å². The van der Waals surface area contributed by atoms with Gasteiger partial charge in [0.15, 0.2) is 0 Å². The van der Waals surface area contributed by atoms with Crippen molar-refractivity contribution < 1.29 is 50.9 Å². The van der Waals surface area contributed by atoms with E-state index in [2.05, 4.69) is 19.9 Å². The van der Waals surface area contributed by atoms with Gasteiger partial charge in [0.2, 0.25) is 5.95 Å². The first-order valence-corrected chi connectivity index (χ1v) is 11.4. The van der Waals surface area contributed by atoms with Crippen molar-refractivity contribution in [2.75, 3.05) is 31.1 Å². The molecule has 0 radical (unpaired) electrons. The van der Waals surface area contributed by atoms with Crippen molar-refractivity contribution in [2.45, 2.75) is 38.5 Å². The fourth-order valence-corrected chi connectivity index (χ4v) is 3.98. The van der Waals surface area contributed by atoms with E-state index in [1.165, 1.54) is 0 Å². The number of carbonyl (C=O) groups excluding carboxylic acids is 1. The second kappa shape index (κ2) is 12.7. The minimum absolute atomic E-state index is 0.0554. The summed E-state index contributed by atoms with van der Waals surface area (Å²) >= 11 is 0. The summed E-state index contributed by atoms with van der Waals surface area (Å²) in [5.74, 6) is -4.64. The van der Waals surface area contributed by atoms with Crippen molar-refractivity contribution in [2.24, 2.45) is 5.41 Å². The summed E-state index contributed by atoms with van der Waals surface area (Å²) in [5, 5.41) is 14.2. The van der Waals surface area contributed by atoms with Gasteiger partial charge in [-0.05, 0) is 49.8 Å². The highest BCUT2D eigenvalue weighted by molar-refractivity contribution is 5.92. The molecule has 4 rings (SSSR count). The van der Waals surface area contributed by atoms with Gasteiger partial charge < -0.3 is 20.0 Å². The molecule has 214 valence electrons. The Balaban J connectivity index is 0.000000317. The molecule has 39 heavy (non-hydrogen) atoms. The number of carboxylic acid groups (broad SMARTS) is 2. The van der Waals surface area contributed by atoms with Crippen LogP contribution < -0.4 is 4.90 Å². The van der Waals surface area contributed by atoms with Crippen molar-refractivity contribution in [3.05, 3.63) is 48.0 Å². The molecule has 4 heterocycles. The predicted molar refractivity (Wildman–Crippen MR) is 123 cm³/mol. The smallest absolute Gasteiger partial charge is 0.475 e. The number of amides is 1. The SMILES string of the molecule is Cc1cccc(C(=O)N2CCC3(CC2)CCN(c2ncccn2)C3)n1.O=C(O)C(F)(F)F.O=C(O)C(F)(F)F. The fourth-order valence-electron chi connectivity index (χ4n) is 3.98. The van der Waals surface area contributed by atoms with Gasteiger partial charge in [-0.25, -0.2) is 24.5 Å². The number of aryl methyl sites for hydroxylation is 1. The molecule has 2 aliphatic rings. The summed E-state index contributed by atoms with van der Waals surface area (Å²) in [4.78, 5) is 47.8. The van der Waals surface area contributed by atoms with E-state index in [0.29, 0.717) is 5.69 Å². The fraction of sp³-hybridized carbons (Fsp3) is 0.478. The molecule has 16 heteroatoms. The maximum Gasteiger partial charge on any atom is 0.490 e. The van der Waals surface area contributed by atoms with Crippen LogP contribution in [0.4, 0.5) is 32.3 Å². The number of hydrogen-bond acceptors (Lipinski definition) is 7. The lowest BCUT2D eigenvalue weighted by atomic mass is 9.77. The van der Waals surface area contributed by atoms with E-state index in [1.54, 1.807) is 12.4 Å². The normalized spacial score (nSPS) is 16.5. The molecule has 2 fully saturated rings. The van der Waals surface area contributed by atoms with E-state index in [1.807, 2.05) is 36.1 Å². The van der Waals surface area contributed by atoms with Crippen molar-refractivity contribution in [3.8, 4) is 0 Å². The zero-order valence-electron chi connectivity index (χ0n) is 20.5. The number of hydrogen-bond donors (Lipinski definition) is 2. The van der Waals surface area contributed by atoms with Gasteiger partial charge in [0.05, 0.1) is 0 Å². The van der Waals surface area contributed by atoms with E-state index in [0.717, 1.165) is 57.1 Å². The Kier molecular flexibility index (Phi) is 10.2. The van der Waals surface area contributed by atoms with E-state index in [9.17, 15) is 31.1 Å². The number of halogens is 6. The number of rotatable bonds is 2. The lowest BCUT2D eigenvalue weighted by Crippen LogP contribution is -2.44. The van der Waals surface area contributed by atoms with E-state index < -0.39 is 24.3 Å². The van der Waals surface area contributed by atoms with E-state index in [-0.39, 0.29) is 11.3 Å². The first-order chi connectivity index (χ1) is 18.0. The zero-order valence-corrected chi connectivity index (χ0v) is 20.5. The number of pyridine rings is 1. The average Bonchev–Trinajstić information content (AvgIpc) is 3.28. The predicted octanol–water partition coefficient (Wildman–Crippen LogP) is 3.58. The van der Waals surface area contributed by atoms with Gasteiger partial charge in [-0.2, -0.15) is 26.3 Å². The third-order valence-electron chi connectivity index (χ3n) is 5.98. The summed E-state index contributed by atoms with van der Waals surface area (Å²) in [6.45, 7) is 5.51. The summed E-state index contributed by atoms with van der Waals surface area (Å²) in [6.07, 6.45) is -3.36. The topological polar surface area (TPSA) is 137 Å². The molecule has 1 amide bonds. The number of anilines is 1. The number of alkyl halides is 6. The molecular weight excluding hydrogens is 540 g/mol. The lowest BCUT2D eigenvalue weighted by Gasteiger charge is -2.39. The van der Waals surface area contributed by atoms with Crippen LogP contribution >= 0.6 is 0 Å². The molecule has 0 unspecified atom stereocenters. The molecule has 0 aromatic carbocycles. The van der Waals surface area contributed by atoms with Gasteiger partial charge >= 0.3 is 24.3 Å². The molecule has 2 aromatic heterocycles. The first-order valence-electron chi connectivity index (χ1n) is 11.4. The van der Waals surface area contributed by atoms with Gasteiger partial charge in [0.25, 0.3) is 5.91 Å². The van der Waals surface area contributed by atoms with Crippen LogP contribution in [0.1, 0.15) is 35.4 Å². The van der Waals surface area contributed by atoms with Crippen molar-refractivity contribution in [1.82, 2.24) is 19.9 Å². The molecule has 2 aliphatic heterocycles. The largest absolute Gasteiger partial charge is 0.490 e.